The summed E-state index contributed by atoms with van der Waals surface area (Å²) in [6.07, 6.45) is 2.75. The molecule has 1 rings (SSSR count). The van der Waals surface area contributed by atoms with Gasteiger partial charge in [0.25, 0.3) is 0 Å². The van der Waals surface area contributed by atoms with E-state index in [-0.39, 0.29) is 0 Å². The van der Waals surface area contributed by atoms with Gasteiger partial charge in [0.05, 0.1) is 0 Å². The molecule has 3 N–H and O–H groups in total. The normalized spacial score (nSPS) is 11.4. The van der Waals surface area contributed by atoms with Gasteiger partial charge in [-0.05, 0) is 17.9 Å². The first-order valence-corrected chi connectivity index (χ1v) is 4.80. The molecule has 0 saturated heterocycles. The van der Waals surface area contributed by atoms with Crippen LogP contribution in [-0.2, 0) is 0 Å². The SMILES string of the molecule is CC(C)(C)CCNc1ccnc(N)n1. The lowest BCUT2D eigenvalue weighted by molar-refractivity contribution is 0.389. The molecule has 0 aliphatic carbocycles. The molecule has 0 aromatic carbocycles. The van der Waals surface area contributed by atoms with Crippen molar-refractivity contribution < 1.29 is 0 Å². The van der Waals surface area contributed by atoms with Crippen LogP contribution in [0.15, 0.2) is 12.3 Å². The van der Waals surface area contributed by atoms with E-state index < -0.39 is 0 Å². The molecule has 0 saturated carbocycles. The van der Waals surface area contributed by atoms with E-state index in [0.717, 1.165) is 18.8 Å². The topological polar surface area (TPSA) is 63.8 Å². The first-order valence-electron chi connectivity index (χ1n) is 4.80. The van der Waals surface area contributed by atoms with Crippen LogP contribution in [0.25, 0.3) is 0 Å². The number of nitrogens with one attached hydrogen (secondary N) is 1. The molecule has 0 amide bonds. The summed E-state index contributed by atoms with van der Waals surface area (Å²) < 4.78 is 0. The van der Waals surface area contributed by atoms with Crippen LogP contribution >= 0.6 is 0 Å². The second-order valence-corrected chi connectivity index (χ2v) is 4.54. The first kappa shape index (κ1) is 10.8. The van der Waals surface area contributed by atoms with Gasteiger partial charge < -0.3 is 11.1 Å². The zero-order valence-electron chi connectivity index (χ0n) is 9.04. The van der Waals surface area contributed by atoms with Crippen LogP contribution < -0.4 is 11.1 Å². The van der Waals surface area contributed by atoms with Crippen molar-refractivity contribution in [2.24, 2.45) is 5.41 Å². The standard InChI is InChI=1S/C10H18N4/c1-10(2,3)5-7-12-8-4-6-13-9(11)14-8/h4,6H,5,7H2,1-3H3,(H3,11,12,13,14). The molecule has 78 valence electrons. The first-order chi connectivity index (χ1) is 6.47. The molecular formula is C10H18N4. The van der Waals surface area contributed by atoms with E-state index in [1.165, 1.54) is 0 Å². The van der Waals surface area contributed by atoms with E-state index in [9.17, 15) is 0 Å². The van der Waals surface area contributed by atoms with Crippen LogP contribution in [0.3, 0.4) is 0 Å². The largest absolute Gasteiger partial charge is 0.370 e. The van der Waals surface area contributed by atoms with Crippen LogP contribution in [0.1, 0.15) is 27.2 Å². The Bertz CT molecular complexity index is 290. The Hall–Kier alpha value is -1.32. The van der Waals surface area contributed by atoms with Crippen molar-refractivity contribution in [3.8, 4) is 0 Å². The summed E-state index contributed by atoms with van der Waals surface area (Å²) in [6.45, 7) is 7.54. The molecule has 4 heteroatoms. The average Bonchev–Trinajstić information content (AvgIpc) is 2.01. The maximum Gasteiger partial charge on any atom is 0.221 e. The van der Waals surface area contributed by atoms with Crippen LogP contribution in [0.5, 0.6) is 0 Å². The minimum atomic E-state index is 0.311. The van der Waals surface area contributed by atoms with Crippen molar-refractivity contribution >= 4 is 11.8 Å². The number of rotatable bonds is 3. The second-order valence-electron chi connectivity index (χ2n) is 4.54. The highest BCUT2D eigenvalue weighted by molar-refractivity contribution is 5.37. The van der Waals surface area contributed by atoms with Crippen LogP contribution in [0, 0.1) is 5.41 Å². The second kappa shape index (κ2) is 4.26. The number of aromatic nitrogens is 2. The van der Waals surface area contributed by atoms with Gasteiger partial charge in [0.1, 0.15) is 5.82 Å². The number of anilines is 2. The monoisotopic (exact) mass is 194 g/mol. The molecule has 1 aromatic rings. The van der Waals surface area contributed by atoms with Crippen LogP contribution in [0.4, 0.5) is 11.8 Å². The molecule has 14 heavy (non-hydrogen) atoms. The molecular weight excluding hydrogens is 176 g/mol. The van der Waals surface area contributed by atoms with Gasteiger partial charge in [-0.15, -0.1) is 0 Å². The summed E-state index contributed by atoms with van der Waals surface area (Å²) in [7, 11) is 0. The summed E-state index contributed by atoms with van der Waals surface area (Å²) in [5.41, 5.74) is 5.79. The van der Waals surface area contributed by atoms with Crippen molar-refractivity contribution in [2.75, 3.05) is 17.6 Å². The third kappa shape index (κ3) is 4.07. The van der Waals surface area contributed by atoms with Crippen LogP contribution in [0.2, 0.25) is 0 Å². The van der Waals surface area contributed by atoms with Gasteiger partial charge in [0, 0.05) is 12.7 Å². The number of nitrogens with two attached hydrogens (primary N) is 1. The Morgan fingerprint density at radius 2 is 2.14 bits per heavy atom. The molecule has 0 aliphatic heterocycles. The molecule has 0 radical (unpaired) electrons. The van der Waals surface area contributed by atoms with Crippen LogP contribution in [-0.4, -0.2) is 16.5 Å². The fourth-order valence-corrected chi connectivity index (χ4v) is 1.04. The molecule has 1 heterocycles. The Morgan fingerprint density at radius 3 is 2.71 bits per heavy atom. The van der Waals surface area contributed by atoms with Gasteiger partial charge >= 0.3 is 0 Å². The molecule has 0 spiro atoms. The molecule has 1 aromatic heterocycles. The van der Waals surface area contributed by atoms with Gasteiger partial charge in [0.15, 0.2) is 0 Å². The zero-order chi connectivity index (χ0) is 10.6. The predicted octanol–water partition coefficient (Wildman–Crippen LogP) is 1.91. The molecule has 0 aliphatic rings. The lowest BCUT2D eigenvalue weighted by Gasteiger charge is -2.18. The van der Waals surface area contributed by atoms with Crippen molar-refractivity contribution in [1.29, 1.82) is 0 Å². The smallest absolute Gasteiger partial charge is 0.221 e. The zero-order valence-corrected chi connectivity index (χ0v) is 9.04. The Balaban J connectivity index is 2.39. The van der Waals surface area contributed by atoms with Gasteiger partial charge in [-0.2, -0.15) is 4.98 Å². The lowest BCUT2D eigenvalue weighted by Crippen LogP contribution is -2.13. The number of nitrogen functional groups attached to an aromatic ring is 1. The average molecular weight is 194 g/mol. The van der Waals surface area contributed by atoms with Crippen molar-refractivity contribution in [3.05, 3.63) is 12.3 Å². The summed E-state index contributed by atoms with van der Waals surface area (Å²) in [4.78, 5) is 7.87. The number of hydrogen-bond donors (Lipinski definition) is 2. The van der Waals surface area contributed by atoms with Gasteiger partial charge in [-0.25, -0.2) is 4.98 Å². The maximum absolute atomic E-state index is 5.45. The summed E-state index contributed by atoms with van der Waals surface area (Å²) in [5.74, 6) is 1.10. The van der Waals surface area contributed by atoms with Gasteiger partial charge in [-0.3, -0.25) is 0 Å². The van der Waals surface area contributed by atoms with E-state index in [1.807, 2.05) is 6.07 Å². The van der Waals surface area contributed by atoms with E-state index >= 15 is 0 Å². The molecule has 0 bridgehead atoms. The Morgan fingerprint density at radius 1 is 1.43 bits per heavy atom. The quantitative estimate of drug-likeness (QED) is 0.771. The fourth-order valence-electron chi connectivity index (χ4n) is 1.04. The summed E-state index contributed by atoms with van der Waals surface area (Å²) >= 11 is 0. The highest BCUT2D eigenvalue weighted by Crippen LogP contribution is 2.18. The minimum absolute atomic E-state index is 0.311. The van der Waals surface area contributed by atoms with Gasteiger partial charge in [0.2, 0.25) is 5.95 Å². The van der Waals surface area contributed by atoms with E-state index in [2.05, 4.69) is 36.1 Å². The molecule has 0 atom stereocenters. The van der Waals surface area contributed by atoms with Crippen molar-refractivity contribution in [2.45, 2.75) is 27.2 Å². The van der Waals surface area contributed by atoms with Crippen molar-refractivity contribution in [1.82, 2.24) is 9.97 Å². The third-order valence-corrected chi connectivity index (χ3v) is 1.86. The number of hydrogen-bond acceptors (Lipinski definition) is 4. The van der Waals surface area contributed by atoms with Crippen molar-refractivity contribution in [3.63, 3.8) is 0 Å². The third-order valence-electron chi connectivity index (χ3n) is 1.86. The predicted molar refractivity (Wildman–Crippen MR) is 59.0 cm³/mol. The lowest BCUT2D eigenvalue weighted by atomic mass is 9.92. The highest BCUT2D eigenvalue weighted by Gasteiger charge is 2.08. The Kier molecular flexibility index (Phi) is 3.28. The Labute approximate surface area is 85.0 Å². The summed E-state index contributed by atoms with van der Waals surface area (Å²) in [5, 5.41) is 3.21. The molecule has 4 nitrogen and oxygen atoms in total. The van der Waals surface area contributed by atoms with E-state index in [0.29, 0.717) is 11.4 Å². The minimum Gasteiger partial charge on any atom is -0.370 e. The molecule has 0 unspecified atom stereocenters. The summed E-state index contributed by atoms with van der Waals surface area (Å²) in [6, 6.07) is 1.82. The van der Waals surface area contributed by atoms with Gasteiger partial charge in [-0.1, -0.05) is 20.8 Å². The number of nitrogens with zero attached hydrogens (tertiary/aromatic N) is 2. The van der Waals surface area contributed by atoms with E-state index in [1.54, 1.807) is 6.20 Å². The maximum atomic E-state index is 5.45. The fraction of sp³-hybridized carbons (Fsp3) is 0.600. The highest BCUT2D eigenvalue weighted by atomic mass is 15.1. The van der Waals surface area contributed by atoms with E-state index in [4.69, 9.17) is 5.73 Å². The molecule has 0 fully saturated rings.